The Balaban J connectivity index is 1.02. The van der Waals surface area contributed by atoms with Crippen molar-refractivity contribution in [3.63, 3.8) is 0 Å². The van der Waals surface area contributed by atoms with Crippen molar-refractivity contribution in [1.29, 1.82) is 0 Å². The van der Waals surface area contributed by atoms with E-state index >= 15 is 0 Å². The first-order chi connectivity index (χ1) is 27.1. The molecule has 6 aromatic heterocycles. The zero-order valence-electron chi connectivity index (χ0n) is 31.3. The van der Waals surface area contributed by atoms with E-state index in [1.807, 2.05) is 45.3 Å². The van der Waals surface area contributed by atoms with Gasteiger partial charge >= 0.3 is 0 Å². The van der Waals surface area contributed by atoms with E-state index in [4.69, 9.17) is 17.5 Å². The molecule has 56 heavy (non-hydrogen) atoms. The first-order valence-electron chi connectivity index (χ1n) is 18.6. The molecule has 0 unspecified atom stereocenters. The third-order valence-electron chi connectivity index (χ3n) is 12.2. The molecular weight excluding hydrogens is 801 g/mol. The van der Waals surface area contributed by atoms with E-state index in [1.165, 1.54) is 129 Å². The molecule has 0 saturated carbocycles. The van der Waals surface area contributed by atoms with Crippen LogP contribution < -0.4 is 0 Å². The van der Waals surface area contributed by atoms with Crippen LogP contribution in [0.2, 0.25) is 0 Å². The fourth-order valence-corrected chi connectivity index (χ4v) is 15.0. The molecule has 4 aromatic carbocycles. The molecule has 6 heterocycles. The average Bonchev–Trinajstić information content (AvgIpc) is 4.03. The summed E-state index contributed by atoms with van der Waals surface area (Å²) in [5, 5.41) is 2.82. The van der Waals surface area contributed by atoms with E-state index in [-0.39, 0.29) is 10.8 Å². The molecule has 0 N–H and O–H groups in total. The lowest BCUT2D eigenvalue weighted by Crippen LogP contribution is -2.26. The SMILES string of the molecule is Cc1ccc(-c2ccc(-c3cc4c(s3)-c3ccc5c6c(ccc(c36)C4(C)C)-c3sc(-c4ccc(-c6ccc(C)s6)c6nsnc46)cc3C5(C)C)c3nsnc23)s1. The maximum Gasteiger partial charge on any atom is 0.114 e. The summed E-state index contributed by atoms with van der Waals surface area (Å²) in [6.45, 7) is 14.0. The predicted molar refractivity (Wildman–Crippen MR) is 244 cm³/mol. The number of rotatable bonds is 4. The summed E-state index contributed by atoms with van der Waals surface area (Å²) in [5.41, 5.74) is 16.6. The van der Waals surface area contributed by atoms with Gasteiger partial charge in [0.25, 0.3) is 0 Å². The fraction of sp³-hybridized carbons (Fsp3) is 0.174. The number of thiophene rings is 4. The van der Waals surface area contributed by atoms with Gasteiger partial charge in [0.05, 0.1) is 23.5 Å². The van der Waals surface area contributed by atoms with Crippen molar-refractivity contribution in [2.75, 3.05) is 0 Å². The summed E-state index contributed by atoms with van der Waals surface area (Å²) < 4.78 is 19.4. The van der Waals surface area contributed by atoms with E-state index in [9.17, 15) is 0 Å². The summed E-state index contributed by atoms with van der Waals surface area (Å²) in [6, 6.07) is 32.4. The molecule has 0 bridgehead atoms. The van der Waals surface area contributed by atoms with Crippen molar-refractivity contribution < 1.29 is 0 Å². The minimum absolute atomic E-state index is 0.181. The van der Waals surface area contributed by atoms with Crippen molar-refractivity contribution in [1.82, 2.24) is 17.5 Å². The third kappa shape index (κ3) is 4.48. The molecule has 0 amide bonds. The molecule has 2 aliphatic carbocycles. The Bertz CT molecular complexity index is 3080. The number of benzene rings is 4. The van der Waals surface area contributed by atoms with E-state index in [0.717, 1.165) is 22.1 Å². The number of hydrogen-bond acceptors (Lipinski definition) is 10. The summed E-state index contributed by atoms with van der Waals surface area (Å²) in [4.78, 5) is 10.3. The van der Waals surface area contributed by atoms with Crippen molar-refractivity contribution in [3.8, 4) is 62.6 Å². The molecule has 10 heteroatoms. The van der Waals surface area contributed by atoms with E-state index in [2.05, 4.69) is 126 Å². The minimum atomic E-state index is -0.181. The molecule has 10 aromatic rings. The molecule has 0 radical (unpaired) electrons. The highest BCUT2D eigenvalue weighted by molar-refractivity contribution is 7.20. The standard InChI is InChI=1S/C46H32N4S6/c1-21-7-17-33(51-21)23-9-11-25(41-39(23)47-55-49-41)35-19-31-43(53-35)27-13-15-30-38-28(14-16-29(37(27)38)45(31,3)4)44-32(46(30,5)6)20-36(54-44)26-12-10-24(34-18-8-22(2)52-34)40-42(26)50-56-48-40/h7-20H,1-6H3. The first kappa shape index (κ1) is 33.7. The zero-order chi connectivity index (χ0) is 37.8. The molecule has 2 aliphatic rings. The molecule has 0 saturated heterocycles. The molecule has 12 rings (SSSR count). The Labute approximate surface area is 348 Å². The van der Waals surface area contributed by atoms with Crippen LogP contribution in [0.1, 0.15) is 59.7 Å². The van der Waals surface area contributed by atoms with Crippen molar-refractivity contribution >= 4 is 102 Å². The van der Waals surface area contributed by atoms with E-state index in [1.54, 1.807) is 0 Å². The number of fused-ring (bicyclic) bond motifs is 6. The van der Waals surface area contributed by atoms with Gasteiger partial charge < -0.3 is 0 Å². The molecule has 0 spiro atoms. The smallest absolute Gasteiger partial charge is 0.114 e. The maximum atomic E-state index is 4.88. The topological polar surface area (TPSA) is 51.6 Å². The Morgan fingerprint density at radius 3 is 1.09 bits per heavy atom. The summed E-state index contributed by atoms with van der Waals surface area (Å²) in [6.07, 6.45) is 0. The van der Waals surface area contributed by atoms with Gasteiger partial charge in [-0.15, -0.1) is 45.3 Å². The molecule has 0 atom stereocenters. The third-order valence-corrected chi connectivity index (χ3v) is 17.7. The molecular formula is C46H32N4S6. The van der Waals surface area contributed by atoms with Crippen LogP contribution in [0.15, 0.2) is 84.9 Å². The second-order valence-electron chi connectivity index (χ2n) is 16.1. The van der Waals surface area contributed by atoms with Gasteiger partial charge in [0.2, 0.25) is 0 Å². The van der Waals surface area contributed by atoms with Gasteiger partial charge in [-0.25, -0.2) is 0 Å². The number of aryl methyl sites for hydroxylation is 2. The Kier molecular flexibility index (Phi) is 6.97. The summed E-state index contributed by atoms with van der Waals surface area (Å²) in [7, 11) is 0. The van der Waals surface area contributed by atoms with Gasteiger partial charge in [0.1, 0.15) is 22.1 Å². The number of aromatic nitrogens is 4. The van der Waals surface area contributed by atoms with Crippen molar-refractivity contribution in [2.45, 2.75) is 52.4 Å². The minimum Gasteiger partial charge on any atom is -0.172 e. The largest absolute Gasteiger partial charge is 0.172 e. The van der Waals surface area contributed by atoms with Crippen LogP contribution in [-0.4, -0.2) is 17.5 Å². The highest BCUT2D eigenvalue weighted by Crippen LogP contribution is 2.60. The lowest BCUT2D eigenvalue weighted by Gasteiger charge is -2.38. The van der Waals surface area contributed by atoms with Crippen LogP contribution in [0.4, 0.5) is 0 Å². The van der Waals surface area contributed by atoms with E-state index in [0.29, 0.717) is 0 Å². The summed E-state index contributed by atoms with van der Waals surface area (Å²) in [5.74, 6) is 0. The van der Waals surface area contributed by atoms with Crippen molar-refractivity contribution in [3.05, 3.63) is 117 Å². The maximum absolute atomic E-state index is 4.88. The molecule has 0 aliphatic heterocycles. The molecule has 4 nitrogen and oxygen atoms in total. The lowest BCUT2D eigenvalue weighted by molar-refractivity contribution is 0.640. The second kappa shape index (κ2) is 11.6. The average molecular weight is 833 g/mol. The number of hydrogen-bond donors (Lipinski definition) is 0. The summed E-state index contributed by atoms with van der Waals surface area (Å²) >= 11 is 10.1. The monoisotopic (exact) mass is 832 g/mol. The van der Waals surface area contributed by atoms with Gasteiger partial charge in [-0.05, 0) is 83.3 Å². The van der Waals surface area contributed by atoms with Crippen LogP contribution in [0, 0.1) is 13.8 Å². The Morgan fingerprint density at radius 2 is 0.732 bits per heavy atom. The zero-order valence-corrected chi connectivity index (χ0v) is 36.2. The van der Waals surface area contributed by atoms with Gasteiger partial charge in [0, 0.05) is 83.2 Å². The van der Waals surface area contributed by atoms with Gasteiger partial charge in [-0.2, -0.15) is 17.5 Å². The quantitative estimate of drug-likeness (QED) is 0.177. The van der Waals surface area contributed by atoms with Gasteiger partial charge in [0.15, 0.2) is 0 Å². The van der Waals surface area contributed by atoms with Crippen LogP contribution in [0.3, 0.4) is 0 Å². The molecule has 0 fully saturated rings. The fourth-order valence-electron chi connectivity index (χ4n) is 9.27. The normalized spacial score (nSPS) is 14.9. The van der Waals surface area contributed by atoms with Crippen molar-refractivity contribution in [2.24, 2.45) is 0 Å². The Hall–Kier alpha value is -4.42. The molecule has 272 valence electrons. The first-order valence-corrected chi connectivity index (χ1v) is 23.4. The highest BCUT2D eigenvalue weighted by Gasteiger charge is 2.41. The van der Waals surface area contributed by atoms with Crippen LogP contribution in [0.5, 0.6) is 0 Å². The second-order valence-corrected chi connectivity index (χ2v) is 21.8. The number of nitrogens with zero attached hydrogens (tertiary/aromatic N) is 4. The van der Waals surface area contributed by atoms with Gasteiger partial charge in [-0.3, -0.25) is 0 Å². The van der Waals surface area contributed by atoms with E-state index < -0.39 is 0 Å². The van der Waals surface area contributed by atoms with Crippen LogP contribution in [0.25, 0.3) is 95.5 Å². The Morgan fingerprint density at radius 1 is 0.375 bits per heavy atom. The van der Waals surface area contributed by atoms with Gasteiger partial charge in [-0.1, -0.05) is 76.2 Å². The highest BCUT2D eigenvalue weighted by atomic mass is 32.1. The van der Waals surface area contributed by atoms with Crippen LogP contribution in [-0.2, 0) is 10.8 Å². The van der Waals surface area contributed by atoms with Crippen LogP contribution >= 0.6 is 68.8 Å². The lowest BCUT2D eigenvalue weighted by atomic mass is 9.65. The predicted octanol–water partition coefficient (Wildman–Crippen LogP) is 15.0.